The molecule has 0 aromatic heterocycles. The summed E-state index contributed by atoms with van der Waals surface area (Å²) >= 11 is 0. The monoisotopic (exact) mass is 372 g/mol. The molecule has 0 aliphatic carbocycles. The van der Waals surface area contributed by atoms with Crippen LogP contribution in [0.1, 0.15) is 43.0 Å². The molecule has 26 heavy (non-hydrogen) atoms. The normalized spacial score (nSPS) is 18.4. The topological polar surface area (TPSA) is 66.5 Å². The molecule has 1 atom stereocenters. The lowest BCUT2D eigenvalue weighted by Gasteiger charge is -2.34. The van der Waals surface area contributed by atoms with Crippen LogP contribution in [0.15, 0.2) is 59.5 Å². The standard InChI is InChI=1S/C20H24N2O3S/c1-2-18-10-6-7-15-22(18)26(24,25)19-13-11-16(12-14-19)20(23)21-17-8-4-3-5-9-17/h3-5,8-9,11-14,18H,2,6-7,10,15H2,1H3,(H,21,23). The van der Waals surface area contributed by atoms with Crippen molar-refractivity contribution in [2.75, 3.05) is 11.9 Å². The van der Waals surface area contributed by atoms with E-state index < -0.39 is 10.0 Å². The highest BCUT2D eigenvalue weighted by Crippen LogP contribution is 2.27. The molecule has 2 aromatic rings. The van der Waals surface area contributed by atoms with Crippen LogP contribution in [0, 0.1) is 0 Å². The van der Waals surface area contributed by atoms with Gasteiger partial charge in [0.05, 0.1) is 4.90 Å². The van der Waals surface area contributed by atoms with E-state index in [0.29, 0.717) is 17.8 Å². The number of hydrogen-bond acceptors (Lipinski definition) is 3. The summed E-state index contributed by atoms with van der Waals surface area (Å²) in [5, 5.41) is 2.80. The van der Waals surface area contributed by atoms with Gasteiger partial charge in [-0.1, -0.05) is 31.5 Å². The van der Waals surface area contributed by atoms with Crippen molar-refractivity contribution in [1.82, 2.24) is 4.31 Å². The average Bonchev–Trinajstić information content (AvgIpc) is 2.68. The van der Waals surface area contributed by atoms with Gasteiger partial charge in [0.1, 0.15) is 0 Å². The zero-order valence-electron chi connectivity index (χ0n) is 14.9. The summed E-state index contributed by atoms with van der Waals surface area (Å²) in [6.07, 6.45) is 3.69. The predicted molar refractivity (Wildman–Crippen MR) is 103 cm³/mol. The van der Waals surface area contributed by atoms with E-state index >= 15 is 0 Å². The molecule has 0 saturated carbocycles. The number of nitrogens with zero attached hydrogens (tertiary/aromatic N) is 1. The van der Waals surface area contributed by atoms with E-state index in [1.165, 1.54) is 12.1 Å². The van der Waals surface area contributed by atoms with Crippen LogP contribution in [-0.4, -0.2) is 31.2 Å². The van der Waals surface area contributed by atoms with E-state index in [4.69, 9.17) is 0 Å². The van der Waals surface area contributed by atoms with E-state index in [1.54, 1.807) is 28.6 Å². The van der Waals surface area contributed by atoms with Crippen molar-refractivity contribution in [3.8, 4) is 0 Å². The minimum Gasteiger partial charge on any atom is -0.322 e. The van der Waals surface area contributed by atoms with E-state index in [1.807, 2.05) is 25.1 Å². The minimum absolute atomic E-state index is 0.0646. The van der Waals surface area contributed by atoms with Gasteiger partial charge in [-0.3, -0.25) is 4.79 Å². The van der Waals surface area contributed by atoms with Crippen LogP contribution < -0.4 is 5.32 Å². The molecule has 1 fully saturated rings. The van der Waals surface area contributed by atoms with Crippen LogP contribution in [0.25, 0.3) is 0 Å². The molecule has 2 aromatic carbocycles. The third-order valence-corrected chi connectivity index (χ3v) is 6.77. The second-order valence-electron chi connectivity index (χ2n) is 6.52. The van der Waals surface area contributed by atoms with E-state index in [2.05, 4.69) is 5.32 Å². The van der Waals surface area contributed by atoms with Crippen molar-refractivity contribution < 1.29 is 13.2 Å². The molecule has 1 amide bonds. The fourth-order valence-electron chi connectivity index (χ4n) is 3.34. The molecule has 1 unspecified atom stereocenters. The molecule has 6 heteroatoms. The molecule has 5 nitrogen and oxygen atoms in total. The number of carbonyl (C=O) groups is 1. The Morgan fingerprint density at radius 2 is 1.77 bits per heavy atom. The molecule has 138 valence electrons. The largest absolute Gasteiger partial charge is 0.322 e. The first-order valence-corrected chi connectivity index (χ1v) is 10.4. The smallest absolute Gasteiger partial charge is 0.255 e. The summed E-state index contributed by atoms with van der Waals surface area (Å²) in [5.41, 5.74) is 1.13. The fraction of sp³-hybridized carbons (Fsp3) is 0.350. The fourth-order valence-corrected chi connectivity index (χ4v) is 5.10. The first-order valence-electron chi connectivity index (χ1n) is 9.00. The van der Waals surface area contributed by atoms with Crippen molar-refractivity contribution in [1.29, 1.82) is 0 Å². The highest BCUT2D eigenvalue weighted by atomic mass is 32.2. The highest BCUT2D eigenvalue weighted by Gasteiger charge is 2.32. The molecule has 0 radical (unpaired) electrons. The Balaban J connectivity index is 1.77. The molecule has 1 N–H and O–H groups in total. The van der Waals surface area contributed by atoms with Crippen molar-refractivity contribution in [2.24, 2.45) is 0 Å². The Morgan fingerprint density at radius 1 is 1.08 bits per heavy atom. The third kappa shape index (κ3) is 3.97. The number of sulfonamides is 1. The summed E-state index contributed by atoms with van der Waals surface area (Å²) in [7, 11) is -3.52. The quantitative estimate of drug-likeness (QED) is 0.866. The zero-order valence-corrected chi connectivity index (χ0v) is 15.7. The number of anilines is 1. The van der Waals surface area contributed by atoms with Gasteiger partial charge in [0, 0.05) is 23.8 Å². The first kappa shape index (κ1) is 18.6. The molecule has 1 aliphatic rings. The van der Waals surface area contributed by atoms with E-state index in [9.17, 15) is 13.2 Å². The maximum atomic E-state index is 13.0. The first-order chi connectivity index (χ1) is 12.5. The Hall–Kier alpha value is -2.18. The lowest BCUT2D eigenvalue weighted by molar-refractivity contribution is 0.102. The number of benzene rings is 2. The van der Waals surface area contributed by atoms with E-state index in [0.717, 1.165) is 25.7 Å². The SMILES string of the molecule is CCC1CCCCN1S(=O)(=O)c1ccc(C(=O)Nc2ccccc2)cc1. The average molecular weight is 372 g/mol. The number of nitrogens with one attached hydrogen (secondary N) is 1. The lowest BCUT2D eigenvalue weighted by atomic mass is 10.0. The molecular formula is C20H24N2O3S. The molecule has 1 aliphatic heterocycles. The van der Waals surface area contributed by atoms with Crippen molar-refractivity contribution in [2.45, 2.75) is 43.5 Å². The van der Waals surface area contributed by atoms with Crippen LogP contribution in [0.3, 0.4) is 0 Å². The lowest BCUT2D eigenvalue weighted by Crippen LogP contribution is -2.43. The van der Waals surface area contributed by atoms with Crippen LogP contribution in [0.4, 0.5) is 5.69 Å². The highest BCUT2D eigenvalue weighted by molar-refractivity contribution is 7.89. The van der Waals surface area contributed by atoms with Gasteiger partial charge in [-0.15, -0.1) is 0 Å². The van der Waals surface area contributed by atoms with Crippen molar-refractivity contribution >= 4 is 21.6 Å². The van der Waals surface area contributed by atoms with E-state index in [-0.39, 0.29) is 16.8 Å². The number of carbonyl (C=O) groups excluding carboxylic acids is 1. The summed E-state index contributed by atoms with van der Waals surface area (Å²) < 4.78 is 27.5. The van der Waals surface area contributed by atoms with Crippen molar-refractivity contribution in [3.63, 3.8) is 0 Å². The van der Waals surface area contributed by atoms with Crippen LogP contribution in [-0.2, 0) is 10.0 Å². The molecular weight excluding hydrogens is 348 g/mol. The Morgan fingerprint density at radius 3 is 2.42 bits per heavy atom. The van der Waals surface area contributed by atoms with Gasteiger partial charge in [0.15, 0.2) is 0 Å². The molecule has 0 spiro atoms. The predicted octanol–water partition coefficient (Wildman–Crippen LogP) is 3.89. The van der Waals surface area contributed by atoms with Crippen LogP contribution >= 0.6 is 0 Å². The van der Waals surface area contributed by atoms with Gasteiger partial charge in [-0.05, 0) is 55.7 Å². The maximum absolute atomic E-state index is 13.0. The second kappa shape index (κ2) is 8.01. The third-order valence-electron chi connectivity index (χ3n) is 4.80. The maximum Gasteiger partial charge on any atom is 0.255 e. The van der Waals surface area contributed by atoms with Crippen molar-refractivity contribution in [3.05, 3.63) is 60.2 Å². The van der Waals surface area contributed by atoms with Crippen LogP contribution in [0.2, 0.25) is 0 Å². The summed E-state index contributed by atoms with van der Waals surface area (Å²) in [6, 6.07) is 15.4. The molecule has 0 bridgehead atoms. The van der Waals surface area contributed by atoms with Gasteiger partial charge in [0.2, 0.25) is 10.0 Å². The summed E-state index contributed by atoms with van der Waals surface area (Å²) in [6.45, 7) is 2.59. The number of rotatable bonds is 5. The number of amides is 1. The molecule has 1 heterocycles. The van der Waals surface area contributed by atoms with Gasteiger partial charge in [-0.25, -0.2) is 8.42 Å². The number of piperidine rings is 1. The zero-order chi connectivity index (χ0) is 18.6. The van der Waals surface area contributed by atoms with Gasteiger partial charge < -0.3 is 5.32 Å². The minimum atomic E-state index is -3.52. The number of para-hydroxylation sites is 1. The van der Waals surface area contributed by atoms with Gasteiger partial charge >= 0.3 is 0 Å². The number of hydrogen-bond donors (Lipinski definition) is 1. The molecule has 3 rings (SSSR count). The second-order valence-corrected chi connectivity index (χ2v) is 8.41. The van der Waals surface area contributed by atoms with Gasteiger partial charge in [0.25, 0.3) is 5.91 Å². The van der Waals surface area contributed by atoms with Crippen LogP contribution in [0.5, 0.6) is 0 Å². The van der Waals surface area contributed by atoms with Gasteiger partial charge in [-0.2, -0.15) is 4.31 Å². The summed E-state index contributed by atoms with van der Waals surface area (Å²) in [5.74, 6) is -0.260. The Labute approximate surface area is 155 Å². The Bertz CT molecular complexity index is 848. The Kier molecular flexibility index (Phi) is 5.74. The molecule has 1 saturated heterocycles. The summed E-state index contributed by atoms with van der Waals surface area (Å²) in [4.78, 5) is 12.5.